The number of nitrogens with zero attached hydrogens (tertiary/aromatic N) is 1. The number of aromatic hydroxyl groups is 1. The number of aliphatic hydroxyl groups excluding tert-OH is 2. The molecular weight excluding hydrogens is 447 g/mol. The van der Waals surface area contributed by atoms with Crippen molar-refractivity contribution in [1.82, 2.24) is 4.98 Å². The number of hydrogen-bond donors (Lipinski definition) is 5. The number of ketones is 2. The average molecular weight is 468 g/mol. The van der Waals surface area contributed by atoms with Gasteiger partial charge in [-0.3, -0.25) is 19.4 Å². The summed E-state index contributed by atoms with van der Waals surface area (Å²) in [6.07, 6.45) is 0.912. The number of primary amides is 1. The number of phenols is 1. The Hall–Kier alpha value is -3.63. The molecule has 1 amide bonds. The lowest BCUT2D eigenvalue weighted by atomic mass is 9.57. The number of allylic oxidation sites excluding steroid dienone is 1. The zero-order valence-corrected chi connectivity index (χ0v) is 17.7. The molecule has 1 fully saturated rings. The van der Waals surface area contributed by atoms with Crippen molar-refractivity contribution in [3.63, 3.8) is 0 Å². The number of halogens is 1. The fraction of sp³-hybridized carbons (Fsp3) is 0.333. The van der Waals surface area contributed by atoms with Crippen molar-refractivity contribution in [3.05, 3.63) is 58.9 Å². The van der Waals surface area contributed by atoms with Crippen LogP contribution in [0.15, 0.2) is 41.9 Å². The topological polar surface area (TPSA) is 171 Å². The van der Waals surface area contributed by atoms with Gasteiger partial charge in [0.25, 0.3) is 0 Å². The SMILES string of the molecule is NC(=O)C1C(=O)[C@@]2(O)C(O)=C3C(=O)c4c(O)ccc(-c5ccncc5F)c4C[C@H]3C[C@H]2CC1O. The van der Waals surface area contributed by atoms with Gasteiger partial charge in [0.05, 0.1) is 17.9 Å². The standard InChI is InChI=1S/C24H21FN2O7/c25-14-8-27-4-3-12(14)11-1-2-15(28)18-13(11)6-9-5-10-7-16(29)19(23(26)33)22(32)24(10,34)21(31)17(9)20(18)30/h1-4,8-10,16,19,28-29,31,34H,5-7H2,(H2,26,33)/t9-,10+,16?,19?,24+/m1/s1. The Morgan fingerprint density at radius 2 is 1.88 bits per heavy atom. The highest BCUT2D eigenvalue weighted by atomic mass is 19.1. The summed E-state index contributed by atoms with van der Waals surface area (Å²) in [7, 11) is 0. The Kier molecular flexibility index (Phi) is 4.85. The van der Waals surface area contributed by atoms with Gasteiger partial charge in [0, 0.05) is 23.3 Å². The van der Waals surface area contributed by atoms with E-state index in [1.165, 1.54) is 24.4 Å². The molecule has 0 bridgehead atoms. The Balaban J connectivity index is 1.69. The lowest BCUT2D eigenvalue weighted by Crippen LogP contribution is -2.63. The van der Waals surface area contributed by atoms with E-state index in [1.54, 1.807) is 0 Å². The molecule has 2 aromatic rings. The van der Waals surface area contributed by atoms with Crippen LogP contribution in [0.25, 0.3) is 11.1 Å². The van der Waals surface area contributed by atoms with E-state index < -0.39 is 64.3 Å². The van der Waals surface area contributed by atoms with Gasteiger partial charge in [-0.05, 0) is 48.4 Å². The summed E-state index contributed by atoms with van der Waals surface area (Å²) in [5, 5.41) is 43.1. The van der Waals surface area contributed by atoms with Gasteiger partial charge in [-0.25, -0.2) is 4.39 Å². The quantitative estimate of drug-likeness (QED) is 0.405. The van der Waals surface area contributed by atoms with Crippen LogP contribution >= 0.6 is 0 Å². The first kappa shape index (κ1) is 22.2. The Labute approximate surface area is 192 Å². The van der Waals surface area contributed by atoms with Crippen molar-refractivity contribution in [2.45, 2.75) is 31.0 Å². The van der Waals surface area contributed by atoms with E-state index in [1.807, 2.05) is 0 Å². The van der Waals surface area contributed by atoms with E-state index in [-0.39, 0.29) is 36.0 Å². The summed E-state index contributed by atoms with van der Waals surface area (Å²) in [5.41, 5.74) is 3.16. The van der Waals surface area contributed by atoms with Crippen LogP contribution in [0.1, 0.15) is 28.8 Å². The minimum Gasteiger partial charge on any atom is -0.508 e. The van der Waals surface area contributed by atoms with E-state index in [4.69, 9.17) is 5.73 Å². The largest absolute Gasteiger partial charge is 0.508 e. The first-order chi connectivity index (χ1) is 16.1. The van der Waals surface area contributed by atoms with Crippen molar-refractivity contribution in [1.29, 1.82) is 0 Å². The van der Waals surface area contributed by atoms with Crippen LogP contribution in [0, 0.1) is 23.6 Å². The van der Waals surface area contributed by atoms with E-state index in [2.05, 4.69) is 4.98 Å². The molecule has 1 heterocycles. The first-order valence-electron chi connectivity index (χ1n) is 10.7. The number of carbonyl (C=O) groups excluding carboxylic acids is 3. The molecule has 3 aliphatic rings. The van der Waals surface area contributed by atoms with Crippen molar-refractivity contribution < 1.29 is 39.2 Å². The summed E-state index contributed by atoms with van der Waals surface area (Å²) in [5.74, 6) is -8.43. The highest BCUT2D eigenvalue weighted by Gasteiger charge is 2.62. The van der Waals surface area contributed by atoms with E-state index in [0.717, 1.165) is 6.20 Å². The molecule has 0 saturated heterocycles. The molecule has 0 aliphatic heterocycles. The number of fused-ring (bicyclic) bond motifs is 3. The fourth-order valence-electron chi connectivity index (χ4n) is 5.77. The number of pyridine rings is 1. The summed E-state index contributed by atoms with van der Waals surface area (Å²) < 4.78 is 14.5. The molecule has 10 heteroatoms. The molecule has 9 nitrogen and oxygen atoms in total. The molecular formula is C24H21FN2O7. The van der Waals surface area contributed by atoms with Crippen molar-refractivity contribution >= 4 is 17.5 Å². The number of amides is 1. The predicted molar refractivity (Wildman–Crippen MR) is 114 cm³/mol. The summed E-state index contributed by atoms with van der Waals surface area (Å²) in [4.78, 5) is 42.0. The molecule has 1 saturated carbocycles. The molecule has 5 rings (SSSR count). The number of phenolic OH excluding ortho intramolecular Hbond substituents is 1. The third-order valence-corrected chi connectivity index (χ3v) is 7.34. The second kappa shape index (κ2) is 7.44. The maximum absolute atomic E-state index is 14.5. The Bertz CT molecular complexity index is 1310. The Morgan fingerprint density at radius 1 is 1.15 bits per heavy atom. The summed E-state index contributed by atoms with van der Waals surface area (Å²) >= 11 is 0. The van der Waals surface area contributed by atoms with Gasteiger partial charge in [0.15, 0.2) is 17.2 Å². The van der Waals surface area contributed by atoms with Crippen LogP contribution in [-0.2, 0) is 16.0 Å². The fourth-order valence-corrected chi connectivity index (χ4v) is 5.77. The van der Waals surface area contributed by atoms with Gasteiger partial charge in [0.2, 0.25) is 5.91 Å². The molecule has 0 spiro atoms. The maximum Gasteiger partial charge on any atom is 0.230 e. The van der Waals surface area contributed by atoms with Gasteiger partial charge >= 0.3 is 0 Å². The van der Waals surface area contributed by atoms with Crippen molar-refractivity contribution in [2.75, 3.05) is 0 Å². The highest BCUT2D eigenvalue weighted by molar-refractivity contribution is 6.16. The van der Waals surface area contributed by atoms with Gasteiger partial charge in [-0.15, -0.1) is 0 Å². The van der Waals surface area contributed by atoms with Crippen LogP contribution in [0.4, 0.5) is 4.39 Å². The molecule has 2 unspecified atom stereocenters. The number of carbonyl (C=O) groups is 3. The minimum absolute atomic E-state index is 0.0310. The van der Waals surface area contributed by atoms with Gasteiger partial charge in [0.1, 0.15) is 23.2 Å². The number of Topliss-reactive ketones (excluding diaryl/α,β-unsaturated/α-hetero) is 2. The normalized spacial score (nSPS) is 30.4. The molecule has 6 N–H and O–H groups in total. The third kappa shape index (κ3) is 2.85. The number of aliphatic hydroxyl groups is 3. The second-order valence-corrected chi connectivity index (χ2v) is 9.08. The maximum atomic E-state index is 14.5. The van der Waals surface area contributed by atoms with E-state index in [0.29, 0.717) is 11.1 Å². The molecule has 1 aromatic carbocycles. The smallest absolute Gasteiger partial charge is 0.230 e. The monoisotopic (exact) mass is 468 g/mol. The number of benzene rings is 1. The molecule has 0 radical (unpaired) electrons. The van der Waals surface area contributed by atoms with Gasteiger partial charge < -0.3 is 26.2 Å². The molecule has 1 aromatic heterocycles. The third-order valence-electron chi connectivity index (χ3n) is 7.34. The molecule has 34 heavy (non-hydrogen) atoms. The Morgan fingerprint density at radius 3 is 2.56 bits per heavy atom. The van der Waals surface area contributed by atoms with Crippen molar-refractivity contribution in [3.8, 4) is 16.9 Å². The van der Waals surface area contributed by atoms with Crippen LogP contribution in [0.5, 0.6) is 5.75 Å². The molecule has 3 aliphatic carbocycles. The number of rotatable bonds is 2. The van der Waals surface area contributed by atoms with Crippen LogP contribution < -0.4 is 5.73 Å². The summed E-state index contributed by atoms with van der Waals surface area (Å²) in [6.45, 7) is 0. The van der Waals surface area contributed by atoms with Crippen molar-refractivity contribution in [2.24, 2.45) is 23.5 Å². The number of hydrogen-bond acceptors (Lipinski definition) is 8. The van der Waals surface area contributed by atoms with Crippen LogP contribution in [0.2, 0.25) is 0 Å². The zero-order chi connectivity index (χ0) is 24.5. The van der Waals surface area contributed by atoms with Gasteiger partial charge in [-0.2, -0.15) is 0 Å². The van der Waals surface area contributed by atoms with E-state index >= 15 is 0 Å². The highest BCUT2D eigenvalue weighted by Crippen LogP contribution is 2.52. The van der Waals surface area contributed by atoms with E-state index in [9.17, 15) is 39.2 Å². The second-order valence-electron chi connectivity index (χ2n) is 9.08. The lowest BCUT2D eigenvalue weighted by Gasteiger charge is -2.48. The van der Waals surface area contributed by atoms with Gasteiger partial charge in [-0.1, -0.05) is 6.07 Å². The molecule has 176 valence electrons. The summed E-state index contributed by atoms with van der Waals surface area (Å²) in [6, 6.07) is 4.16. The number of nitrogens with two attached hydrogens (primary N) is 1. The first-order valence-corrected chi connectivity index (χ1v) is 10.7. The number of aromatic nitrogens is 1. The minimum atomic E-state index is -2.57. The van der Waals surface area contributed by atoms with Crippen LogP contribution in [-0.4, -0.2) is 54.6 Å². The average Bonchev–Trinajstić information content (AvgIpc) is 2.77. The lowest BCUT2D eigenvalue weighted by molar-refractivity contribution is -0.167. The van der Waals surface area contributed by atoms with Crippen LogP contribution in [0.3, 0.4) is 0 Å². The molecule has 5 atom stereocenters. The predicted octanol–water partition coefficient (Wildman–Crippen LogP) is 0.947. The zero-order valence-electron chi connectivity index (χ0n) is 17.7.